The van der Waals surface area contributed by atoms with E-state index in [0.29, 0.717) is 24.7 Å². The summed E-state index contributed by atoms with van der Waals surface area (Å²) >= 11 is 0. The maximum atomic E-state index is 12.4. The molecule has 1 aliphatic carbocycles. The van der Waals surface area contributed by atoms with Crippen molar-refractivity contribution in [3.8, 4) is 0 Å². The monoisotopic (exact) mass is 288 g/mol. The molecule has 0 radical (unpaired) electrons. The van der Waals surface area contributed by atoms with Crippen LogP contribution in [0.15, 0.2) is 18.2 Å². The average Bonchev–Trinajstić information content (AvgIpc) is 2.99. The fourth-order valence-corrected chi connectivity index (χ4v) is 3.67. The van der Waals surface area contributed by atoms with Gasteiger partial charge in [-0.1, -0.05) is 6.07 Å². The van der Waals surface area contributed by atoms with Gasteiger partial charge in [-0.25, -0.2) is 0 Å². The van der Waals surface area contributed by atoms with Crippen LogP contribution >= 0.6 is 0 Å². The Kier molecular flexibility index (Phi) is 3.21. The molecule has 21 heavy (non-hydrogen) atoms. The number of hydrogen-bond acceptors (Lipinski definition) is 4. The van der Waals surface area contributed by atoms with Gasteiger partial charge in [0.25, 0.3) is 5.91 Å². The lowest BCUT2D eigenvalue weighted by Crippen LogP contribution is -2.72. The first kappa shape index (κ1) is 13.2. The molecule has 4 unspecified atom stereocenters. The van der Waals surface area contributed by atoms with Crippen molar-refractivity contribution in [1.29, 1.82) is 0 Å². The van der Waals surface area contributed by atoms with Crippen LogP contribution < -0.4 is 11.1 Å². The number of rotatable bonds is 2. The van der Waals surface area contributed by atoms with Gasteiger partial charge in [-0.2, -0.15) is 0 Å². The van der Waals surface area contributed by atoms with Gasteiger partial charge in [0.2, 0.25) is 0 Å². The Bertz CT molecular complexity index is 575. The molecular weight excluding hydrogens is 268 g/mol. The fraction of sp³-hybridized carbons (Fsp3) is 0.562. The van der Waals surface area contributed by atoms with Crippen LogP contribution in [0.2, 0.25) is 0 Å². The van der Waals surface area contributed by atoms with Gasteiger partial charge in [-0.3, -0.25) is 4.79 Å². The van der Waals surface area contributed by atoms with Crippen LogP contribution in [0.3, 0.4) is 0 Å². The van der Waals surface area contributed by atoms with E-state index in [1.165, 1.54) is 5.56 Å². The Morgan fingerprint density at radius 2 is 2.14 bits per heavy atom. The Morgan fingerprint density at radius 1 is 1.29 bits per heavy atom. The summed E-state index contributed by atoms with van der Waals surface area (Å²) < 4.78 is 11.1. The topological polar surface area (TPSA) is 73.6 Å². The lowest BCUT2D eigenvalue weighted by molar-refractivity contribution is -0.117. The number of carbonyl (C=O) groups is 1. The van der Waals surface area contributed by atoms with Gasteiger partial charge >= 0.3 is 0 Å². The zero-order chi connectivity index (χ0) is 14.4. The minimum Gasteiger partial charge on any atom is -0.376 e. The van der Waals surface area contributed by atoms with Gasteiger partial charge in [0.1, 0.15) is 0 Å². The van der Waals surface area contributed by atoms with E-state index in [2.05, 4.69) is 5.32 Å². The number of ether oxygens (including phenoxy) is 2. The molecule has 0 bridgehead atoms. The van der Waals surface area contributed by atoms with Crippen LogP contribution in [-0.4, -0.2) is 30.7 Å². The third kappa shape index (κ3) is 2.16. The van der Waals surface area contributed by atoms with Crippen molar-refractivity contribution in [2.24, 2.45) is 11.7 Å². The molecule has 0 aromatic heterocycles. The third-order valence-electron chi connectivity index (χ3n) is 4.96. The summed E-state index contributed by atoms with van der Waals surface area (Å²) in [7, 11) is 0. The van der Waals surface area contributed by atoms with Crippen LogP contribution in [0.25, 0.3) is 0 Å². The largest absolute Gasteiger partial charge is 0.376 e. The second-order valence-electron chi connectivity index (χ2n) is 6.19. The Balaban J connectivity index is 1.46. The quantitative estimate of drug-likeness (QED) is 0.850. The van der Waals surface area contributed by atoms with Crippen molar-refractivity contribution in [1.82, 2.24) is 5.32 Å². The number of carbonyl (C=O) groups excluding carboxylic acids is 1. The van der Waals surface area contributed by atoms with Crippen LogP contribution in [0.4, 0.5) is 0 Å². The highest BCUT2D eigenvalue weighted by Crippen LogP contribution is 2.37. The molecule has 4 rings (SSSR count). The Labute approximate surface area is 123 Å². The van der Waals surface area contributed by atoms with Gasteiger partial charge in [0.05, 0.1) is 25.4 Å². The minimum absolute atomic E-state index is 0.0111. The molecule has 4 atom stereocenters. The van der Waals surface area contributed by atoms with Crippen molar-refractivity contribution < 1.29 is 14.3 Å². The maximum absolute atomic E-state index is 12.4. The second-order valence-corrected chi connectivity index (χ2v) is 6.19. The molecule has 112 valence electrons. The molecule has 1 saturated heterocycles. The number of benzene rings is 1. The lowest BCUT2D eigenvalue weighted by Gasteiger charge is -2.52. The van der Waals surface area contributed by atoms with E-state index in [4.69, 9.17) is 15.2 Å². The summed E-state index contributed by atoms with van der Waals surface area (Å²) in [5.74, 6) is 0.329. The molecular formula is C16H20N2O3. The second kappa shape index (κ2) is 5.09. The molecule has 5 nitrogen and oxygen atoms in total. The van der Waals surface area contributed by atoms with Gasteiger partial charge in [0, 0.05) is 24.1 Å². The number of nitrogens with one attached hydrogen (secondary N) is 1. The molecule has 0 spiro atoms. The minimum atomic E-state index is -0.0715. The first-order valence-corrected chi connectivity index (χ1v) is 7.61. The molecule has 1 aromatic rings. The number of hydrogen-bond donors (Lipinski definition) is 2. The van der Waals surface area contributed by atoms with E-state index >= 15 is 0 Å². The van der Waals surface area contributed by atoms with Crippen molar-refractivity contribution in [2.75, 3.05) is 6.61 Å². The van der Waals surface area contributed by atoms with E-state index in [1.54, 1.807) is 0 Å². The summed E-state index contributed by atoms with van der Waals surface area (Å²) in [5, 5.41) is 3.04. The van der Waals surface area contributed by atoms with E-state index in [1.807, 2.05) is 18.2 Å². The highest BCUT2D eigenvalue weighted by Gasteiger charge is 2.51. The zero-order valence-corrected chi connectivity index (χ0v) is 11.9. The molecule has 2 fully saturated rings. The van der Waals surface area contributed by atoms with Crippen molar-refractivity contribution >= 4 is 5.91 Å². The Hall–Kier alpha value is -1.43. The van der Waals surface area contributed by atoms with E-state index in [0.717, 1.165) is 25.0 Å². The summed E-state index contributed by atoms with van der Waals surface area (Å²) in [6.07, 6.45) is 2.27. The molecule has 2 aliphatic heterocycles. The molecule has 3 N–H and O–H groups in total. The molecule has 1 saturated carbocycles. The van der Waals surface area contributed by atoms with Crippen LogP contribution in [0.1, 0.15) is 34.3 Å². The zero-order valence-electron chi connectivity index (χ0n) is 11.9. The van der Waals surface area contributed by atoms with E-state index in [9.17, 15) is 4.79 Å². The first-order chi connectivity index (χ1) is 10.2. The smallest absolute Gasteiger partial charge is 0.251 e. The maximum Gasteiger partial charge on any atom is 0.251 e. The van der Waals surface area contributed by atoms with Crippen molar-refractivity contribution in [3.05, 3.63) is 34.9 Å². The molecule has 2 heterocycles. The van der Waals surface area contributed by atoms with Crippen LogP contribution in [-0.2, 0) is 22.7 Å². The first-order valence-electron chi connectivity index (χ1n) is 7.61. The fourth-order valence-electron chi connectivity index (χ4n) is 3.67. The molecule has 1 aromatic carbocycles. The van der Waals surface area contributed by atoms with Gasteiger partial charge in [0.15, 0.2) is 0 Å². The average molecular weight is 288 g/mol. The third-order valence-corrected chi connectivity index (χ3v) is 4.96. The lowest BCUT2D eigenvalue weighted by atomic mass is 9.68. The molecule has 1 amide bonds. The van der Waals surface area contributed by atoms with E-state index in [-0.39, 0.29) is 24.1 Å². The number of nitrogens with two attached hydrogens (primary N) is 1. The number of fused-ring (bicyclic) bond motifs is 2. The normalized spacial score (nSPS) is 33.8. The molecule has 3 aliphatic rings. The van der Waals surface area contributed by atoms with Gasteiger partial charge < -0.3 is 20.5 Å². The SMILES string of the molecule is NC1C2CCCOC2C1NC(=O)c1ccc2c(c1)COC2. The van der Waals surface area contributed by atoms with E-state index < -0.39 is 0 Å². The van der Waals surface area contributed by atoms with Crippen molar-refractivity contribution in [3.63, 3.8) is 0 Å². The van der Waals surface area contributed by atoms with Crippen LogP contribution in [0.5, 0.6) is 0 Å². The summed E-state index contributed by atoms with van der Waals surface area (Å²) in [4.78, 5) is 12.4. The highest BCUT2D eigenvalue weighted by molar-refractivity contribution is 5.94. The van der Waals surface area contributed by atoms with Gasteiger partial charge in [-0.05, 0) is 36.1 Å². The summed E-state index contributed by atoms with van der Waals surface area (Å²) in [6.45, 7) is 2.01. The summed E-state index contributed by atoms with van der Waals surface area (Å²) in [5.41, 5.74) is 9.12. The molecule has 5 heteroatoms. The standard InChI is InChI=1S/C16H20N2O3/c17-13-12-2-1-5-21-15(12)14(13)18-16(19)9-3-4-10-7-20-8-11(10)6-9/h3-4,6,12-15H,1-2,5,7-8,17H2,(H,18,19). The summed E-state index contributed by atoms with van der Waals surface area (Å²) in [6, 6.07) is 5.69. The van der Waals surface area contributed by atoms with Crippen molar-refractivity contribution in [2.45, 2.75) is 44.2 Å². The van der Waals surface area contributed by atoms with Gasteiger partial charge in [-0.15, -0.1) is 0 Å². The predicted octanol–water partition coefficient (Wildman–Crippen LogP) is 0.951. The predicted molar refractivity (Wildman–Crippen MR) is 76.6 cm³/mol. The number of amides is 1. The van der Waals surface area contributed by atoms with Crippen LogP contribution in [0, 0.1) is 5.92 Å². The highest BCUT2D eigenvalue weighted by atomic mass is 16.5. The Morgan fingerprint density at radius 3 is 3.05 bits per heavy atom.